The highest BCUT2D eigenvalue weighted by molar-refractivity contribution is 5.58. The number of phenolic OH excluding ortho intramolecular Hbond substituents is 1. The highest BCUT2D eigenvalue weighted by Crippen LogP contribution is 2.38. The fraction of sp³-hybridized carbons (Fsp3) is 0.231. The monoisotopic (exact) mass is 297 g/mol. The van der Waals surface area contributed by atoms with Crippen molar-refractivity contribution in [1.29, 1.82) is 0 Å². The van der Waals surface area contributed by atoms with E-state index >= 15 is 0 Å². The first-order chi connectivity index (χ1) is 9.88. The van der Waals surface area contributed by atoms with Crippen LogP contribution in [0.3, 0.4) is 0 Å². The summed E-state index contributed by atoms with van der Waals surface area (Å²) in [5, 5.41) is 15.0. The third-order valence-corrected chi connectivity index (χ3v) is 3.42. The summed E-state index contributed by atoms with van der Waals surface area (Å²) < 4.78 is 39.1. The minimum atomic E-state index is -4.78. The van der Waals surface area contributed by atoms with Crippen LogP contribution in [-0.4, -0.2) is 15.3 Å². The Kier molecular flexibility index (Phi) is 2.89. The van der Waals surface area contributed by atoms with Gasteiger partial charge in [0.05, 0.1) is 11.9 Å². The van der Waals surface area contributed by atoms with Gasteiger partial charge in [-0.3, -0.25) is 4.79 Å². The summed E-state index contributed by atoms with van der Waals surface area (Å²) in [4.78, 5) is 12.8. The standard InChI is InChI=1S/C13H10F3N3O2/c14-13(15,16)11-9(4-17-18-12(11)21)19-5-7-2-1-3-10(20)8(7)6-19/h1-4,20H,5-6H2,(H,18,21). The Morgan fingerprint density at radius 3 is 2.71 bits per heavy atom. The van der Waals surface area contributed by atoms with E-state index in [9.17, 15) is 23.1 Å². The van der Waals surface area contributed by atoms with Gasteiger partial charge in [-0.1, -0.05) is 12.1 Å². The predicted molar refractivity (Wildman–Crippen MR) is 67.9 cm³/mol. The van der Waals surface area contributed by atoms with Crippen LogP contribution < -0.4 is 10.5 Å². The molecular formula is C13H10F3N3O2. The number of rotatable bonds is 1. The second-order valence-electron chi connectivity index (χ2n) is 4.73. The van der Waals surface area contributed by atoms with E-state index in [1.54, 1.807) is 17.2 Å². The predicted octanol–water partition coefficient (Wildman–Crippen LogP) is 2.01. The van der Waals surface area contributed by atoms with Gasteiger partial charge in [-0.2, -0.15) is 18.3 Å². The zero-order valence-electron chi connectivity index (χ0n) is 10.6. The van der Waals surface area contributed by atoms with Crippen LogP contribution in [0.4, 0.5) is 18.9 Å². The number of alkyl halides is 3. The van der Waals surface area contributed by atoms with Crippen molar-refractivity contribution in [3.8, 4) is 5.75 Å². The van der Waals surface area contributed by atoms with Crippen molar-refractivity contribution < 1.29 is 18.3 Å². The number of fused-ring (bicyclic) bond motifs is 1. The van der Waals surface area contributed by atoms with E-state index in [2.05, 4.69) is 5.10 Å². The van der Waals surface area contributed by atoms with Gasteiger partial charge in [0, 0.05) is 18.7 Å². The van der Waals surface area contributed by atoms with Crippen LogP contribution in [0.25, 0.3) is 0 Å². The first-order valence-electron chi connectivity index (χ1n) is 6.07. The topological polar surface area (TPSA) is 69.2 Å². The van der Waals surface area contributed by atoms with Crippen LogP contribution in [0.1, 0.15) is 16.7 Å². The molecule has 2 N–H and O–H groups in total. The number of nitrogens with one attached hydrogen (secondary N) is 1. The smallest absolute Gasteiger partial charge is 0.423 e. The SMILES string of the molecule is O=c1[nH]ncc(N2Cc3cccc(O)c3C2)c1C(F)(F)F. The average Bonchev–Trinajstić information content (AvgIpc) is 2.82. The molecule has 0 saturated carbocycles. The third-order valence-electron chi connectivity index (χ3n) is 3.42. The Morgan fingerprint density at radius 2 is 2.05 bits per heavy atom. The molecule has 0 bridgehead atoms. The van der Waals surface area contributed by atoms with Crippen molar-refractivity contribution in [3.05, 3.63) is 51.4 Å². The second kappa shape index (κ2) is 4.51. The van der Waals surface area contributed by atoms with E-state index in [0.717, 1.165) is 11.8 Å². The fourth-order valence-electron chi connectivity index (χ4n) is 2.48. The number of hydrogen-bond acceptors (Lipinski definition) is 4. The molecule has 0 unspecified atom stereocenters. The molecule has 0 saturated heterocycles. The van der Waals surface area contributed by atoms with Gasteiger partial charge in [0.1, 0.15) is 11.3 Å². The number of halogens is 3. The highest BCUT2D eigenvalue weighted by Gasteiger charge is 2.39. The number of nitrogens with zero attached hydrogens (tertiary/aromatic N) is 2. The average molecular weight is 297 g/mol. The van der Waals surface area contributed by atoms with Gasteiger partial charge in [0.2, 0.25) is 0 Å². The molecule has 0 amide bonds. The molecule has 0 atom stereocenters. The first-order valence-corrected chi connectivity index (χ1v) is 6.07. The van der Waals surface area contributed by atoms with Crippen molar-refractivity contribution in [1.82, 2.24) is 10.2 Å². The van der Waals surface area contributed by atoms with Crippen LogP contribution in [0, 0.1) is 0 Å². The highest BCUT2D eigenvalue weighted by atomic mass is 19.4. The quantitative estimate of drug-likeness (QED) is 0.845. The summed E-state index contributed by atoms with van der Waals surface area (Å²) in [7, 11) is 0. The Balaban J connectivity index is 2.07. The Bertz CT molecular complexity index is 755. The first kappa shape index (κ1) is 13.5. The lowest BCUT2D eigenvalue weighted by atomic mass is 10.1. The number of aromatic hydroxyl groups is 1. The third kappa shape index (κ3) is 2.22. The molecule has 21 heavy (non-hydrogen) atoms. The summed E-state index contributed by atoms with van der Waals surface area (Å²) in [6.45, 7) is 0.272. The van der Waals surface area contributed by atoms with Crippen LogP contribution in [0.15, 0.2) is 29.2 Å². The van der Waals surface area contributed by atoms with Crippen molar-refractivity contribution >= 4 is 5.69 Å². The molecule has 0 aliphatic carbocycles. The molecule has 0 radical (unpaired) electrons. The van der Waals surface area contributed by atoms with Crippen LogP contribution in [-0.2, 0) is 19.3 Å². The van der Waals surface area contributed by atoms with Crippen molar-refractivity contribution in [2.24, 2.45) is 0 Å². The zero-order valence-corrected chi connectivity index (χ0v) is 10.6. The molecule has 2 aromatic rings. The molecule has 1 aromatic carbocycles. The van der Waals surface area contributed by atoms with Crippen LogP contribution in [0.2, 0.25) is 0 Å². The number of aromatic amines is 1. The Morgan fingerprint density at radius 1 is 1.29 bits per heavy atom. The van der Waals surface area contributed by atoms with E-state index in [-0.39, 0.29) is 24.5 Å². The van der Waals surface area contributed by atoms with Crippen LogP contribution >= 0.6 is 0 Å². The van der Waals surface area contributed by atoms with E-state index in [1.807, 2.05) is 0 Å². The molecule has 1 aliphatic rings. The molecule has 1 aliphatic heterocycles. The lowest BCUT2D eigenvalue weighted by molar-refractivity contribution is -0.138. The maximum absolute atomic E-state index is 13.0. The van der Waals surface area contributed by atoms with Gasteiger partial charge in [-0.15, -0.1) is 0 Å². The molecule has 8 heteroatoms. The zero-order chi connectivity index (χ0) is 15.2. The summed E-state index contributed by atoms with van der Waals surface area (Å²) >= 11 is 0. The molecule has 2 heterocycles. The van der Waals surface area contributed by atoms with Crippen molar-refractivity contribution in [2.45, 2.75) is 19.3 Å². The van der Waals surface area contributed by atoms with E-state index < -0.39 is 17.3 Å². The maximum atomic E-state index is 13.0. The number of H-pyrrole nitrogens is 1. The van der Waals surface area contributed by atoms with E-state index in [4.69, 9.17) is 0 Å². The molecule has 0 fully saturated rings. The van der Waals surface area contributed by atoms with E-state index in [1.165, 1.54) is 11.0 Å². The number of anilines is 1. The molecule has 0 spiro atoms. The second-order valence-corrected chi connectivity index (χ2v) is 4.73. The van der Waals surface area contributed by atoms with Gasteiger partial charge in [-0.25, -0.2) is 5.10 Å². The lowest BCUT2D eigenvalue weighted by Crippen LogP contribution is -2.28. The number of hydrogen-bond donors (Lipinski definition) is 2. The molecule has 3 rings (SSSR count). The largest absolute Gasteiger partial charge is 0.508 e. The summed E-state index contributed by atoms with van der Waals surface area (Å²) in [6, 6.07) is 4.82. The minimum Gasteiger partial charge on any atom is -0.508 e. The normalized spacial score (nSPS) is 14.3. The van der Waals surface area contributed by atoms with Crippen molar-refractivity contribution in [2.75, 3.05) is 4.90 Å². The van der Waals surface area contributed by atoms with E-state index in [0.29, 0.717) is 5.56 Å². The van der Waals surface area contributed by atoms with Gasteiger partial charge < -0.3 is 10.0 Å². The van der Waals surface area contributed by atoms with Crippen molar-refractivity contribution in [3.63, 3.8) is 0 Å². The summed E-state index contributed by atoms with van der Waals surface area (Å²) in [5.74, 6) is 0.0290. The summed E-state index contributed by atoms with van der Waals surface area (Å²) in [6.07, 6.45) is -3.80. The Labute approximate surface area is 116 Å². The molecule has 110 valence electrons. The molecular weight excluding hydrogens is 287 g/mol. The Hall–Kier alpha value is -2.51. The van der Waals surface area contributed by atoms with Gasteiger partial charge in [0.15, 0.2) is 0 Å². The van der Waals surface area contributed by atoms with Gasteiger partial charge in [0.25, 0.3) is 5.56 Å². The molecule has 1 aromatic heterocycles. The number of aromatic nitrogens is 2. The maximum Gasteiger partial charge on any atom is 0.423 e. The number of benzene rings is 1. The van der Waals surface area contributed by atoms with Crippen LogP contribution in [0.5, 0.6) is 5.75 Å². The minimum absolute atomic E-state index is 0.0290. The van der Waals surface area contributed by atoms with Gasteiger partial charge in [-0.05, 0) is 11.6 Å². The molecule has 5 nitrogen and oxygen atoms in total. The lowest BCUT2D eigenvalue weighted by Gasteiger charge is -2.21. The number of phenols is 1. The fourth-order valence-corrected chi connectivity index (χ4v) is 2.48. The van der Waals surface area contributed by atoms with Gasteiger partial charge >= 0.3 is 6.18 Å². The summed E-state index contributed by atoms with van der Waals surface area (Å²) in [5.41, 5.74) is -1.55.